The molecule has 0 heterocycles. The number of alkyl carbamates (subject to hydrolysis) is 1. The average molecular weight is 327 g/mol. The van der Waals surface area contributed by atoms with E-state index in [2.05, 4.69) is 5.32 Å². The Kier molecular flexibility index (Phi) is 8.42. The van der Waals surface area contributed by atoms with E-state index in [4.69, 9.17) is 9.47 Å². The van der Waals surface area contributed by atoms with Crippen molar-refractivity contribution in [3.05, 3.63) is 0 Å². The van der Waals surface area contributed by atoms with Gasteiger partial charge in [-0.25, -0.2) is 4.79 Å². The molecule has 23 heavy (non-hydrogen) atoms. The average Bonchev–Trinajstić information content (AvgIpc) is 2.43. The Labute approximate surface area is 140 Å². The molecule has 0 aliphatic heterocycles. The number of hydrogen-bond acceptors (Lipinski definition) is 4. The largest absolute Gasteiger partial charge is 0.466 e. The minimum Gasteiger partial charge on any atom is -0.466 e. The van der Waals surface area contributed by atoms with Crippen molar-refractivity contribution in [3.8, 4) is 0 Å². The Morgan fingerprint density at radius 3 is 2.30 bits per heavy atom. The Morgan fingerprint density at radius 2 is 1.74 bits per heavy atom. The van der Waals surface area contributed by atoms with Crippen LogP contribution in [0.25, 0.3) is 0 Å². The highest BCUT2D eigenvalue weighted by Crippen LogP contribution is 2.28. The van der Waals surface area contributed by atoms with Crippen molar-refractivity contribution in [2.24, 2.45) is 5.92 Å². The minimum absolute atomic E-state index is 0.0854. The molecule has 1 saturated carbocycles. The number of nitrogens with one attached hydrogen (secondary N) is 1. The summed E-state index contributed by atoms with van der Waals surface area (Å²) < 4.78 is 10.2. The molecule has 0 atom stereocenters. The Morgan fingerprint density at radius 1 is 1.09 bits per heavy atom. The second-order valence-electron chi connectivity index (χ2n) is 7.41. The summed E-state index contributed by atoms with van der Waals surface area (Å²) in [6, 6.07) is 0.237. The van der Waals surface area contributed by atoms with Crippen molar-refractivity contribution in [2.45, 2.75) is 90.7 Å². The number of hydrogen-bond donors (Lipinski definition) is 1. The summed E-state index contributed by atoms with van der Waals surface area (Å²) >= 11 is 0. The fraction of sp³-hybridized carbons (Fsp3) is 0.889. The van der Waals surface area contributed by atoms with Gasteiger partial charge in [-0.2, -0.15) is 0 Å². The highest BCUT2D eigenvalue weighted by atomic mass is 16.6. The molecule has 5 nitrogen and oxygen atoms in total. The molecular weight excluding hydrogens is 294 g/mol. The lowest BCUT2D eigenvalue weighted by atomic mass is 9.83. The molecule has 0 aromatic rings. The quantitative estimate of drug-likeness (QED) is 0.562. The van der Waals surface area contributed by atoms with Gasteiger partial charge in [0.15, 0.2) is 0 Å². The van der Waals surface area contributed by atoms with Crippen LogP contribution in [0.3, 0.4) is 0 Å². The number of unbranched alkanes of at least 4 members (excludes halogenated alkanes) is 1. The molecule has 1 amide bonds. The zero-order valence-corrected chi connectivity index (χ0v) is 15.2. The third kappa shape index (κ3) is 9.47. The Bertz CT molecular complexity index is 368. The lowest BCUT2D eigenvalue weighted by Crippen LogP contribution is -2.40. The molecule has 5 heteroatoms. The molecular formula is C18H33NO4. The van der Waals surface area contributed by atoms with Gasteiger partial charge in [0.25, 0.3) is 0 Å². The third-order valence-electron chi connectivity index (χ3n) is 4.12. The standard InChI is InChI=1S/C18H33NO4/c1-5-22-16(20)9-7-6-8-14-10-12-15(13-11-14)19-17(21)23-18(2,3)4/h14-15H,5-13H2,1-4H3,(H,19,21)/t14-,15-. The summed E-state index contributed by atoms with van der Waals surface area (Å²) in [6.07, 6.45) is 7.68. The maximum absolute atomic E-state index is 11.8. The highest BCUT2D eigenvalue weighted by molar-refractivity contribution is 5.69. The van der Waals surface area contributed by atoms with Crippen LogP contribution in [0.5, 0.6) is 0 Å². The molecule has 0 aromatic heterocycles. The van der Waals surface area contributed by atoms with Gasteiger partial charge in [0.1, 0.15) is 5.60 Å². The van der Waals surface area contributed by atoms with Crippen molar-refractivity contribution in [1.82, 2.24) is 5.32 Å². The molecule has 1 aliphatic carbocycles. The lowest BCUT2D eigenvalue weighted by Gasteiger charge is -2.30. The van der Waals surface area contributed by atoms with Crippen molar-refractivity contribution in [2.75, 3.05) is 6.61 Å². The van der Waals surface area contributed by atoms with Gasteiger partial charge in [0, 0.05) is 12.5 Å². The van der Waals surface area contributed by atoms with Crippen LogP contribution in [0, 0.1) is 5.92 Å². The van der Waals surface area contributed by atoms with E-state index in [-0.39, 0.29) is 18.1 Å². The second-order valence-corrected chi connectivity index (χ2v) is 7.41. The van der Waals surface area contributed by atoms with Crippen molar-refractivity contribution < 1.29 is 19.1 Å². The molecule has 1 fully saturated rings. The van der Waals surface area contributed by atoms with Crippen LogP contribution in [0.4, 0.5) is 4.79 Å². The van der Waals surface area contributed by atoms with Crippen LogP contribution in [0.15, 0.2) is 0 Å². The van der Waals surface area contributed by atoms with Gasteiger partial charge in [-0.05, 0) is 65.7 Å². The van der Waals surface area contributed by atoms with Gasteiger partial charge < -0.3 is 14.8 Å². The molecule has 1 rings (SSSR count). The Hall–Kier alpha value is -1.26. The maximum Gasteiger partial charge on any atom is 0.407 e. The van der Waals surface area contributed by atoms with Crippen molar-refractivity contribution >= 4 is 12.1 Å². The van der Waals surface area contributed by atoms with Crippen LogP contribution < -0.4 is 5.32 Å². The minimum atomic E-state index is -0.444. The SMILES string of the molecule is CCOC(=O)CCCC[C@H]1CC[C@H](NC(=O)OC(C)(C)C)CC1. The van der Waals surface area contributed by atoms with Gasteiger partial charge >= 0.3 is 12.1 Å². The zero-order chi connectivity index (χ0) is 17.3. The highest BCUT2D eigenvalue weighted by Gasteiger charge is 2.24. The fourth-order valence-electron chi connectivity index (χ4n) is 3.01. The van der Waals surface area contributed by atoms with Gasteiger partial charge in [-0.3, -0.25) is 4.79 Å². The van der Waals surface area contributed by atoms with Gasteiger partial charge in [-0.15, -0.1) is 0 Å². The van der Waals surface area contributed by atoms with E-state index in [1.165, 1.54) is 6.42 Å². The number of carbonyl (C=O) groups excluding carboxylic acids is 2. The summed E-state index contributed by atoms with van der Waals surface area (Å²) in [5.74, 6) is 0.631. The molecule has 0 bridgehead atoms. The molecule has 0 unspecified atom stereocenters. The van der Waals surface area contributed by atoms with Crippen molar-refractivity contribution in [1.29, 1.82) is 0 Å². The predicted octanol–water partition coefficient (Wildman–Crippen LogP) is 4.19. The molecule has 1 N–H and O–H groups in total. The number of rotatable bonds is 7. The molecule has 0 radical (unpaired) electrons. The first-order chi connectivity index (χ1) is 10.8. The lowest BCUT2D eigenvalue weighted by molar-refractivity contribution is -0.143. The molecule has 0 saturated heterocycles. The summed E-state index contributed by atoms with van der Waals surface area (Å²) in [7, 11) is 0. The van der Waals surface area contributed by atoms with E-state index in [1.807, 2.05) is 27.7 Å². The maximum atomic E-state index is 11.8. The molecule has 0 spiro atoms. The third-order valence-corrected chi connectivity index (χ3v) is 4.12. The van der Waals surface area contributed by atoms with Crippen LogP contribution in [0.1, 0.15) is 79.1 Å². The summed E-state index contributed by atoms with van der Waals surface area (Å²) in [5, 5.41) is 2.97. The van der Waals surface area contributed by atoms with E-state index < -0.39 is 5.60 Å². The monoisotopic (exact) mass is 327 g/mol. The first-order valence-electron chi connectivity index (χ1n) is 8.95. The zero-order valence-electron chi connectivity index (χ0n) is 15.2. The normalized spacial score (nSPS) is 21.6. The van der Waals surface area contributed by atoms with Gasteiger partial charge in [-0.1, -0.05) is 12.8 Å². The van der Waals surface area contributed by atoms with Crippen LogP contribution >= 0.6 is 0 Å². The fourth-order valence-corrected chi connectivity index (χ4v) is 3.01. The first-order valence-corrected chi connectivity index (χ1v) is 8.95. The topological polar surface area (TPSA) is 64.6 Å². The predicted molar refractivity (Wildman–Crippen MR) is 90.2 cm³/mol. The molecule has 1 aliphatic rings. The summed E-state index contributed by atoms with van der Waals surface area (Å²) in [5.41, 5.74) is -0.444. The van der Waals surface area contributed by atoms with Crippen LogP contribution in [-0.4, -0.2) is 30.3 Å². The van der Waals surface area contributed by atoms with E-state index >= 15 is 0 Å². The van der Waals surface area contributed by atoms with E-state index in [0.29, 0.717) is 18.9 Å². The smallest absolute Gasteiger partial charge is 0.407 e. The van der Waals surface area contributed by atoms with Crippen molar-refractivity contribution in [3.63, 3.8) is 0 Å². The number of esters is 1. The van der Waals surface area contributed by atoms with Gasteiger partial charge in [0.05, 0.1) is 6.61 Å². The van der Waals surface area contributed by atoms with Crippen LogP contribution in [0.2, 0.25) is 0 Å². The Balaban J connectivity index is 2.11. The molecule has 0 aromatic carbocycles. The number of ether oxygens (including phenoxy) is 2. The molecule has 134 valence electrons. The van der Waals surface area contributed by atoms with Gasteiger partial charge in [0.2, 0.25) is 0 Å². The van der Waals surface area contributed by atoms with E-state index in [9.17, 15) is 9.59 Å². The number of amides is 1. The van der Waals surface area contributed by atoms with Crippen LogP contribution in [-0.2, 0) is 14.3 Å². The number of carbonyl (C=O) groups is 2. The summed E-state index contributed by atoms with van der Waals surface area (Å²) in [4.78, 5) is 23.0. The van der Waals surface area contributed by atoms with E-state index in [0.717, 1.165) is 38.5 Å². The summed E-state index contributed by atoms with van der Waals surface area (Å²) in [6.45, 7) is 7.93. The second kappa shape index (κ2) is 9.78. The van der Waals surface area contributed by atoms with E-state index in [1.54, 1.807) is 0 Å². The first kappa shape index (κ1) is 19.8.